The molecule has 0 radical (unpaired) electrons. The van der Waals surface area contributed by atoms with Crippen LogP contribution in [0.3, 0.4) is 0 Å². The molecule has 0 saturated carbocycles. The first kappa shape index (κ1) is 10.3. The fourth-order valence-electron chi connectivity index (χ4n) is 3.58. The van der Waals surface area contributed by atoms with Gasteiger partial charge in [0.2, 0.25) is 0 Å². The molecule has 1 aliphatic rings. The Morgan fingerprint density at radius 1 is 1.00 bits per heavy atom. The number of aromatic nitrogens is 2. The van der Waals surface area contributed by atoms with Gasteiger partial charge >= 0.3 is 0 Å². The maximum Gasteiger partial charge on any atom is 0.275 e. The summed E-state index contributed by atoms with van der Waals surface area (Å²) < 4.78 is 1.92. The summed E-state index contributed by atoms with van der Waals surface area (Å²) in [6.07, 6.45) is 0.955. The molecule has 0 spiro atoms. The fourth-order valence-corrected chi connectivity index (χ4v) is 3.58. The van der Waals surface area contributed by atoms with Crippen LogP contribution in [-0.4, -0.2) is 9.55 Å². The zero-order valence-corrected chi connectivity index (χ0v) is 10.8. The number of aromatic amines is 1. The number of fused-ring (bicyclic) bond motifs is 4. The van der Waals surface area contributed by atoms with Gasteiger partial charge in [-0.15, -0.1) is 0 Å². The number of nitrogens with one attached hydrogen (secondary N) is 1. The normalized spacial score (nSPS) is 13.8. The van der Waals surface area contributed by atoms with E-state index in [4.69, 9.17) is 0 Å². The summed E-state index contributed by atoms with van der Waals surface area (Å²) in [7, 11) is 0. The van der Waals surface area contributed by atoms with Gasteiger partial charge in [0.25, 0.3) is 5.56 Å². The van der Waals surface area contributed by atoms with E-state index >= 15 is 0 Å². The zero-order chi connectivity index (χ0) is 13.3. The molecular formula is C17H12N2O. The largest absolute Gasteiger partial charge is 0.350 e. The molecule has 0 fully saturated rings. The van der Waals surface area contributed by atoms with E-state index in [2.05, 4.69) is 29.2 Å². The lowest BCUT2D eigenvalue weighted by molar-refractivity contribution is 0.746. The lowest BCUT2D eigenvalue weighted by atomic mass is 10.0. The standard InChI is InChI=1S/C17H12N2O/c20-17-15-14(11-5-1-2-7-13(11)18-15)12-6-3-4-10-8-9-19(17)16(10)12/h1-7,18H,8-9H2. The lowest BCUT2D eigenvalue weighted by Gasteiger charge is -2.05. The van der Waals surface area contributed by atoms with Crippen LogP contribution in [0.15, 0.2) is 47.3 Å². The molecule has 0 bridgehead atoms. The molecule has 3 heterocycles. The van der Waals surface area contributed by atoms with Crippen LogP contribution in [0.4, 0.5) is 0 Å². The van der Waals surface area contributed by atoms with Gasteiger partial charge in [-0.2, -0.15) is 0 Å². The second-order valence-corrected chi connectivity index (χ2v) is 5.44. The first-order valence-electron chi connectivity index (χ1n) is 6.89. The van der Waals surface area contributed by atoms with Crippen LogP contribution in [0.2, 0.25) is 0 Å². The summed E-state index contributed by atoms with van der Waals surface area (Å²) in [4.78, 5) is 16.0. The van der Waals surface area contributed by atoms with Gasteiger partial charge in [0.15, 0.2) is 0 Å². The highest BCUT2D eigenvalue weighted by Gasteiger charge is 2.20. The van der Waals surface area contributed by atoms with Crippen molar-refractivity contribution in [3.05, 3.63) is 58.4 Å². The van der Waals surface area contributed by atoms with E-state index in [1.165, 1.54) is 10.9 Å². The number of para-hydroxylation sites is 2. The Morgan fingerprint density at radius 3 is 2.80 bits per heavy atom. The topological polar surface area (TPSA) is 37.8 Å². The van der Waals surface area contributed by atoms with Crippen LogP contribution < -0.4 is 5.56 Å². The van der Waals surface area contributed by atoms with E-state index in [1.807, 2.05) is 22.8 Å². The minimum atomic E-state index is 0.105. The van der Waals surface area contributed by atoms with E-state index < -0.39 is 0 Å². The zero-order valence-electron chi connectivity index (χ0n) is 10.8. The molecule has 2 aromatic carbocycles. The van der Waals surface area contributed by atoms with Gasteiger partial charge in [0.1, 0.15) is 5.52 Å². The van der Waals surface area contributed by atoms with Crippen molar-refractivity contribution < 1.29 is 0 Å². The maximum absolute atomic E-state index is 12.7. The van der Waals surface area contributed by atoms with Crippen LogP contribution in [0.1, 0.15) is 5.56 Å². The average molecular weight is 260 g/mol. The van der Waals surface area contributed by atoms with Gasteiger partial charge in [-0.05, 0) is 18.1 Å². The van der Waals surface area contributed by atoms with Crippen molar-refractivity contribution in [1.29, 1.82) is 0 Å². The molecule has 0 amide bonds. The van der Waals surface area contributed by atoms with Gasteiger partial charge in [-0.25, -0.2) is 0 Å². The molecule has 5 rings (SSSR count). The van der Waals surface area contributed by atoms with Crippen molar-refractivity contribution in [2.45, 2.75) is 13.0 Å². The SMILES string of the molecule is O=c1c2[nH]c3ccccc3c2c2cccc3c2n1CC3. The third-order valence-corrected chi connectivity index (χ3v) is 4.43. The number of pyridine rings is 1. The lowest BCUT2D eigenvalue weighted by Crippen LogP contribution is -2.18. The monoisotopic (exact) mass is 260 g/mol. The summed E-state index contributed by atoms with van der Waals surface area (Å²) in [6, 6.07) is 14.5. The number of benzene rings is 2. The van der Waals surface area contributed by atoms with E-state index in [1.54, 1.807) is 0 Å². The molecular weight excluding hydrogens is 248 g/mol. The van der Waals surface area contributed by atoms with Crippen LogP contribution in [0.25, 0.3) is 32.7 Å². The maximum atomic E-state index is 12.7. The Bertz CT molecular complexity index is 1070. The number of hydrogen-bond donors (Lipinski definition) is 1. The molecule has 1 aliphatic heterocycles. The Labute approximate surface area is 114 Å². The molecule has 1 N–H and O–H groups in total. The highest BCUT2D eigenvalue weighted by Crippen LogP contribution is 2.33. The second kappa shape index (κ2) is 3.31. The quantitative estimate of drug-likeness (QED) is 0.518. The van der Waals surface area contributed by atoms with Crippen LogP contribution in [-0.2, 0) is 13.0 Å². The summed E-state index contributed by atoms with van der Waals surface area (Å²) in [5.41, 5.74) is 4.28. The minimum absolute atomic E-state index is 0.105. The van der Waals surface area contributed by atoms with E-state index in [0.717, 1.165) is 40.3 Å². The Morgan fingerprint density at radius 2 is 1.85 bits per heavy atom. The van der Waals surface area contributed by atoms with Crippen molar-refractivity contribution in [2.75, 3.05) is 0 Å². The third kappa shape index (κ3) is 1.05. The number of H-pyrrole nitrogens is 1. The summed E-state index contributed by atoms with van der Waals surface area (Å²) in [5, 5.41) is 3.39. The smallest absolute Gasteiger partial charge is 0.275 e. The van der Waals surface area contributed by atoms with Gasteiger partial charge in [-0.3, -0.25) is 4.79 Å². The van der Waals surface area contributed by atoms with Crippen molar-refractivity contribution in [1.82, 2.24) is 9.55 Å². The van der Waals surface area contributed by atoms with Crippen molar-refractivity contribution in [3.8, 4) is 0 Å². The second-order valence-electron chi connectivity index (χ2n) is 5.44. The van der Waals surface area contributed by atoms with Gasteiger partial charge in [-0.1, -0.05) is 36.4 Å². The predicted octanol–water partition coefficient (Wildman–Crippen LogP) is 3.19. The van der Waals surface area contributed by atoms with Crippen molar-refractivity contribution in [3.63, 3.8) is 0 Å². The molecule has 20 heavy (non-hydrogen) atoms. The molecule has 3 nitrogen and oxygen atoms in total. The molecule has 0 atom stereocenters. The van der Waals surface area contributed by atoms with Gasteiger partial charge in [0.05, 0.1) is 5.52 Å². The summed E-state index contributed by atoms with van der Waals surface area (Å²) >= 11 is 0. The number of hydrogen-bond acceptors (Lipinski definition) is 1. The minimum Gasteiger partial charge on any atom is -0.350 e. The van der Waals surface area contributed by atoms with Crippen molar-refractivity contribution in [2.24, 2.45) is 0 Å². The average Bonchev–Trinajstić information content (AvgIpc) is 3.07. The van der Waals surface area contributed by atoms with E-state index in [9.17, 15) is 4.79 Å². The molecule has 4 aromatic rings. The Balaban J connectivity index is 2.23. The van der Waals surface area contributed by atoms with Crippen molar-refractivity contribution >= 4 is 32.7 Å². The summed E-state index contributed by atoms with van der Waals surface area (Å²) in [6.45, 7) is 0.792. The highest BCUT2D eigenvalue weighted by molar-refractivity contribution is 6.19. The van der Waals surface area contributed by atoms with E-state index in [0.29, 0.717) is 0 Å². The summed E-state index contributed by atoms with van der Waals surface area (Å²) in [5.74, 6) is 0. The molecule has 96 valence electrons. The number of aryl methyl sites for hydroxylation is 2. The third-order valence-electron chi connectivity index (χ3n) is 4.43. The van der Waals surface area contributed by atoms with Crippen LogP contribution in [0.5, 0.6) is 0 Å². The molecule has 0 unspecified atom stereocenters. The molecule has 0 aliphatic carbocycles. The Hall–Kier alpha value is -2.55. The van der Waals surface area contributed by atoms with E-state index in [-0.39, 0.29) is 5.56 Å². The fraction of sp³-hybridized carbons (Fsp3) is 0.118. The molecule has 2 aromatic heterocycles. The van der Waals surface area contributed by atoms with Gasteiger partial charge in [0, 0.05) is 28.2 Å². The number of nitrogens with zero attached hydrogens (tertiary/aromatic N) is 1. The Kier molecular flexibility index (Phi) is 1.70. The predicted molar refractivity (Wildman–Crippen MR) is 81.3 cm³/mol. The van der Waals surface area contributed by atoms with Gasteiger partial charge < -0.3 is 9.55 Å². The first-order valence-corrected chi connectivity index (χ1v) is 6.89. The van der Waals surface area contributed by atoms with Crippen LogP contribution in [0, 0.1) is 0 Å². The van der Waals surface area contributed by atoms with Crippen LogP contribution >= 0.6 is 0 Å². The first-order chi connectivity index (χ1) is 9.84. The number of rotatable bonds is 0. The molecule has 0 saturated heterocycles. The molecule has 3 heteroatoms. The highest BCUT2D eigenvalue weighted by atomic mass is 16.1.